The molecule has 4 aromatic carbocycles. The van der Waals surface area contributed by atoms with Crippen LogP contribution in [0.15, 0.2) is 91.0 Å². The van der Waals surface area contributed by atoms with Gasteiger partial charge in [-0.2, -0.15) is 11.8 Å². The lowest BCUT2D eigenvalue weighted by Crippen LogP contribution is -2.36. The van der Waals surface area contributed by atoms with Gasteiger partial charge in [-0.25, -0.2) is 39.5 Å². The molecule has 78 heavy (non-hydrogen) atoms. The van der Waals surface area contributed by atoms with Gasteiger partial charge in [-0.1, -0.05) is 91.3 Å². The number of carbonyl (C=O) groups is 4. The average Bonchev–Trinajstić information content (AvgIpc) is 4.48. The molecule has 3 aromatic heterocycles. The van der Waals surface area contributed by atoms with E-state index >= 15 is 0 Å². The fourth-order valence-corrected chi connectivity index (χ4v) is 11.5. The third kappa shape index (κ3) is 12.0. The van der Waals surface area contributed by atoms with E-state index in [-0.39, 0.29) is 56.1 Å². The fraction of sp³-hybridized carbons (Fsp3) is 0.357. The van der Waals surface area contributed by atoms with Crippen LogP contribution in [0.2, 0.25) is 0 Å². The molecule has 8 bridgehead atoms. The molecule has 2 fully saturated rings. The number of hydrogen-bond acceptors (Lipinski definition) is 15. The Morgan fingerprint density at radius 1 is 0.538 bits per heavy atom. The van der Waals surface area contributed by atoms with Gasteiger partial charge >= 0.3 is 12.1 Å². The van der Waals surface area contributed by atoms with Gasteiger partial charge in [0.2, 0.25) is 11.8 Å². The van der Waals surface area contributed by atoms with Crippen LogP contribution in [0.25, 0.3) is 89.7 Å². The fourth-order valence-electron chi connectivity index (χ4n) is 9.97. The molecule has 0 radical (unpaired) electrons. The molecule has 0 saturated carbocycles. The molecule has 21 nitrogen and oxygen atoms in total. The highest BCUT2D eigenvalue weighted by Gasteiger charge is 2.42. The minimum atomic E-state index is -0.580. The van der Waals surface area contributed by atoms with Crippen molar-refractivity contribution in [2.75, 3.05) is 65.0 Å². The zero-order chi connectivity index (χ0) is 53.2. The maximum absolute atomic E-state index is 12.5. The van der Waals surface area contributed by atoms with Gasteiger partial charge in [0.1, 0.15) is 28.3 Å². The van der Waals surface area contributed by atoms with Crippen molar-refractivity contribution in [1.29, 1.82) is 0 Å². The summed E-state index contributed by atoms with van der Waals surface area (Å²) in [5.41, 5.74) is 5.60. The van der Waals surface area contributed by atoms with Crippen molar-refractivity contribution >= 4 is 79.8 Å². The first-order valence-corrected chi connectivity index (χ1v) is 27.5. The van der Waals surface area contributed by atoms with Crippen LogP contribution in [0.1, 0.15) is 44.9 Å². The molecule has 0 spiro atoms. The van der Waals surface area contributed by atoms with Gasteiger partial charge in [0, 0.05) is 88.3 Å². The molecule has 4 aliphatic heterocycles. The third-order valence-corrected chi connectivity index (χ3v) is 15.3. The van der Waals surface area contributed by atoms with Gasteiger partial charge in [-0.05, 0) is 25.3 Å². The number of hydrogen-bond donors (Lipinski definition) is 7. The second kappa shape index (κ2) is 24.4. The molecule has 5 amide bonds. The highest BCUT2D eigenvalue weighted by molar-refractivity contribution is 8.00. The summed E-state index contributed by atoms with van der Waals surface area (Å²) in [5.74, 6) is 3.36. The minimum Gasteiger partial charge on any atom is -0.493 e. The standard InChI is InChI=1S/C56H59N13O8S/c70-43(21-8-7-20-42-46-40(32-78-42)60-55(72)61-46)57-24-28-74-30-31-75-29-25-58-44(71)22-10-23-59-56(73)77-27-11-26-76-41-19-9-18-39-45(41)54-68-52-38-17-6-5-16-37(38)50(66-52)64-48-34-13-2-1-12-33(34)47(62-48)63-49-35-14-3-4-15-36(35)51(65-49)67-53(39)69-54/h1-6,9,12-19,40,42,46H,7-8,10-11,20-32H2,(H,57,70)(H,58,71)(H,59,73)(H2,60,61,72)(H2,62,63,64,65,66,67,68,69). The van der Waals surface area contributed by atoms with Crippen LogP contribution < -0.4 is 31.3 Å². The summed E-state index contributed by atoms with van der Waals surface area (Å²) in [4.78, 5) is 85.9. The molecule has 3 unspecified atom stereocenters. The largest absolute Gasteiger partial charge is 0.493 e. The highest BCUT2D eigenvalue weighted by atomic mass is 32.2. The van der Waals surface area contributed by atoms with Crippen molar-refractivity contribution in [2.24, 2.45) is 0 Å². The van der Waals surface area contributed by atoms with E-state index in [0.29, 0.717) is 121 Å². The highest BCUT2D eigenvalue weighted by Crippen LogP contribution is 2.39. The van der Waals surface area contributed by atoms with Crippen molar-refractivity contribution in [3.8, 4) is 51.3 Å². The van der Waals surface area contributed by atoms with E-state index in [1.807, 2.05) is 103 Å². The van der Waals surface area contributed by atoms with Crippen molar-refractivity contribution in [2.45, 2.75) is 62.3 Å². The van der Waals surface area contributed by atoms with Gasteiger partial charge < -0.3 is 55.5 Å². The number of benzene rings is 4. The topological polar surface area (TPSA) is 274 Å². The average molecular weight is 1070 g/mol. The molecule has 22 heteroatoms. The lowest BCUT2D eigenvalue weighted by Gasteiger charge is -2.16. The first-order chi connectivity index (χ1) is 38.3. The summed E-state index contributed by atoms with van der Waals surface area (Å²) in [6.45, 7) is 2.83. The number of carbonyl (C=O) groups excluding carboxylic acids is 4. The smallest absolute Gasteiger partial charge is 0.407 e. The number of nitrogens with one attached hydrogen (secondary N) is 7. The minimum absolute atomic E-state index is 0.00355. The van der Waals surface area contributed by atoms with Crippen LogP contribution in [0.3, 0.4) is 0 Å². The van der Waals surface area contributed by atoms with Gasteiger partial charge in [-0.3, -0.25) is 9.59 Å². The Morgan fingerprint density at radius 2 is 1.10 bits per heavy atom. The summed E-state index contributed by atoms with van der Waals surface area (Å²) in [6, 6.07) is 29.7. The number of amides is 5. The number of rotatable bonds is 23. The molecule has 7 heterocycles. The summed E-state index contributed by atoms with van der Waals surface area (Å²) < 4.78 is 22.9. The number of nitrogens with zero attached hydrogens (tertiary/aromatic N) is 6. The normalized spacial score (nSPS) is 16.0. The van der Waals surface area contributed by atoms with E-state index in [2.05, 4.69) is 36.6 Å². The Morgan fingerprint density at radius 3 is 1.76 bits per heavy atom. The predicted molar refractivity (Wildman–Crippen MR) is 296 cm³/mol. The van der Waals surface area contributed by atoms with E-state index in [9.17, 15) is 19.2 Å². The first-order valence-electron chi connectivity index (χ1n) is 26.5. The molecule has 3 atom stereocenters. The molecule has 7 N–H and O–H groups in total. The molecule has 11 rings (SSSR count). The molecule has 2 saturated heterocycles. The van der Waals surface area contributed by atoms with Crippen LogP contribution in [-0.2, 0) is 23.8 Å². The zero-order valence-corrected chi connectivity index (χ0v) is 43.6. The summed E-state index contributed by atoms with van der Waals surface area (Å²) >= 11 is 1.88. The number of aromatic nitrogens is 8. The maximum atomic E-state index is 12.5. The second-order valence-corrected chi connectivity index (χ2v) is 20.4. The van der Waals surface area contributed by atoms with Crippen molar-refractivity contribution in [3.63, 3.8) is 0 Å². The molecule has 4 aliphatic rings. The number of alkyl carbamates (subject to hydrolysis) is 1. The number of ether oxygens (including phenoxy) is 4. The van der Waals surface area contributed by atoms with Gasteiger partial charge in [0.15, 0.2) is 23.3 Å². The first kappa shape index (κ1) is 51.9. The van der Waals surface area contributed by atoms with Crippen LogP contribution in [-0.4, -0.2) is 146 Å². The number of fused-ring (bicyclic) bond motifs is 21. The van der Waals surface area contributed by atoms with E-state index < -0.39 is 6.09 Å². The number of unbranched alkanes of at least 4 members (excludes halogenated alkanes) is 1. The Balaban J connectivity index is 0.619. The monoisotopic (exact) mass is 1070 g/mol. The van der Waals surface area contributed by atoms with Gasteiger partial charge in [0.25, 0.3) is 0 Å². The Kier molecular flexibility index (Phi) is 16.2. The lowest BCUT2D eigenvalue weighted by atomic mass is 10.0. The van der Waals surface area contributed by atoms with Crippen molar-refractivity contribution in [3.05, 3.63) is 91.0 Å². The Bertz CT molecular complexity index is 3540. The molecular formula is C56H59N13O8S. The van der Waals surface area contributed by atoms with Crippen LogP contribution in [0.5, 0.6) is 5.75 Å². The SMILES string of the molecule is O=C(CCCCC1SCC2NC(=O)NC21)NCCOCCOCCNC(=O)CCCNC(=O)OCCCOc1cccc2c3nc4nc(nc5nc(nc6[nH]c(nc([nH]3)c12)c1ccccc61)-c1ccccc1-5)-c1ccccc1-4. The second-order valence-electron chi connectivity index (χ2n) is 19.1. The van der Waals surface area contributed by atoms with E-state index in [1.54, 1.807) is 0 Å². The number of thioether (sulfide) groups is 1. The zero-order valence-electron chi connectivity index (χ0n) is 42.8. The number of aromatic amines is 2. The van der Waals surface area contributed by atoms with E-state index in [1.165, 1.54) is 0 Å². The number of H-pyrrole nitrogens is 2. The number of urea groups is 1. The molecule has 402 valence electrons. The van der Waals surface area contributed by atoms with Crippen molar-refractivity contribution in [1.82, 2.24) is 66.5 Å². The maximum Gasteiger partial charge on any atom is 0.407 e. The summed E-state index contributed by atoms with van der Waals surface area (Å²) in [7, 11) is 0. The summed E-state index contributed by atoms with van der Waals surface area (Å²) in [6.07, 6.45) is 3.68. The quantitative estimate of drug-likeness (QED) is 0.0248. The van der Waals surface area contributed by atoms with Crippen LogP contribution in [0, 0.1) is 0 Å². The van der Waals surface area contributed by atoms with Gasteiger partial charge in [0.05, 0.1) is 57.1 Å². The Labute approximate surface area is 452 Å². The van der Waals surface area contributed by atoms with Gasteiger partial charge in [-0.15, -0.1) is 0 Å². The Hall–Kier alpha value is -8.21. The van der Waals surface area contributed by atoms with E-state index in [4.69, 9.17) is 48.9 Å². The van der Waals surface area contributed by atoms with Crippen molar-refractivity contribution < 1.29 is 38.1 Å². The lowest BCUT2D eigenvalue weighted by molar-refractivity contribution is -0.122. The molecule has 7 aromatic rings. The third-order valence-electron chi connectivity index (χ3n) is 13.8. The molecule has 0 aliphatic carbocycles. The van der Waals surface area contributed by atoms with Crippen LogP contribution >= 0.6 is 11.8 Å². The molecular weight excluding hydrogens is 1010 g/mol. The predicted octanol–water partition coefficient (Wildman–Crippen LogP) is 7.14. The van der Waals surface area contributed by atoms with E-state index in [0.717, 1.165) is 63.4 Å². The summed E-state index contributed by atoms with van der Waals surface area (Å²) in [5, 5.41) is 18.0. The van der Waals surface area contributed by atoms with Crippen LogP contribution in [0.4, 0.5) is 9.59 Å².